The van der Waals surface area contributed by atoms with Gasteiger partial charge in [0.1, 0.15) is 16.7 Å². The Morgan fingerprint density at radius 1 is 1.28 bits per heavy atom. The Morgan fingerprint density at radius 2 is 2.00 bits per heavy atom. The summed E-state index contributed by atoms with van der Waals surface area (Å²) in [4.78, 5) is 25.0. The lowest BCUT2D eigenvalue weighted by molar-refractivity contribution is -0.137. The van der Waals surface area contributed by atoms with Crippen molar-refractivity contribution in [1.82, 2.24) is 4.90 Å². The van der Waals surface area contributed by atoms with Crippen molar-refractivity contribution in [2.24, 2.45) is 0 Å². The van der Waals surface area contributed by atoms with Crippen molar-refractivity contribution in [3.63, 3.8) is 0 Å². The van der Waals surface area contributed by atoms with Gasteiger partial charge in [-0.05, 0) is 57.4 Å². The van der Waals surface area contributed by atoms with Crippen LogP contribution in [0.25, 0.3) is 6.08 Å². The van der Waals surface area contributed by atoms with E-state index in [1.807, 2.05) is 42.5 Å². The van der Waals surface area contributed by atoms with Gasteiger partial charge in [-0.25, -0.2) is 0 Å². The van der Waals surface area contributed by atoms with Crippen molar-refractivity contribution in [2.45, 2.75) is 13.0 Å². The molecule has 1 aliphatic rings. The van der Waals surface area contributed by atoms with Gasteiger partial charge < -0.3 is 9.84 Å². The highest BCUT2D eigenvalue weighted by atomic mass is 79.9. The maximum atomic E-state index is 12.5. The van der Waals surface area contributed by atoms with Gasteiger partial charge in [-0.15, -0.1) is 0 Å². The smallest absolute Gasteiger partial charge is 0.305 e. The van der Waals surface area contributed by atoms with E-state index >= 15 is 0 Å². The van der Waals surface area contributed by atoms with Crippen LogP contribution in [-0.2, 0) is 16.2 Å². The van der Waals surface area contributed by atoms with E-state index in [-0.39, 0.29) is 18.9 Å². The number of thioether (sulfide) groups is 1. The molecule has 1 aliphatic heterocycles. The predicted octanol–water partition coefficient (Wildman–Crippen LogP) is 5.36. The third-order valence-corrected chi connectivity index (χ3v) is 6.23. The molecule has 0 aliphatic carbocycles. The maximum absolute atomic E-state index is 12.5. The number of nitrogens with zero attached hydrogens (tertiary/aromatic N) is 1. The van der Waals surface area contributed by atoms with Crippen molar-refractivity contribution in [1.29, 1.82) is 0 Å². The van der Waals surface area contributed by atoms with Crippen molar-refractivity contribution >= 4 is 73.8 Å². The zero-order valence-corrected chi connectivity index (χ0v) is 18.9. The summed E-state index contributed by atoms with van der Waals surface area (Å²) in [6.07, 6.45) is 1.58. The van der Waals surface area contributed by atoms with Crippen LogP contribution in [0.4, 0.5) is 0 Å². The summed E-state index contributed by atoms with van der Waals surface area (Å²) in [6.45, 7) is 0.468. The van der Waals surface area contributed by atoms with Crippen LogP contribution in [0, 0.1) is 0 Å². The summed E-state index contributed by atoms with van der Waals surface area (Å²) < 4.78 is 6.95. The Bertz CT molecular complexity index is 994. The number of carboxylic acid groups (broad SMARTS) is 1. The highest BCUT2D eigenvalue weighted by Crippen LogP contribution is 2.34. The molecule has 3 rings (SSSR count). The number of carbonyl (C=O) groups excluding carboxylic acids is 1. The SMILES string of the molecule is O=C(O)CCN1C(=O)/C(=C\c2ccc(OCc3ccc(Cl)cc3)c(Br)c2)SC1=S. The zero-order chi connectivity index (χ0) is 21.0. The van der Waals surface area contributed by atoms with Crippen molar-refractivity contribution in [3.8, 4) is 5.75 Å². The molecule has 0 aromatic heterocycles. The molecule has 0 saturated carbocycles. The fourth-order valence-corrected chi connectivity index (χ4v) is 4.46. The summed E-state index contributed by atoms with van der Waals surface area (Å²) in [5.41, 5.74) is 1.80. The molecule has 1 saturated heterocycles. The van der Waals surface area contributed by atoms with Gasteiger partial charge in [0.25, 0.3) is 5.91 Å². The number of rotatable bonds is 7. The van der Waals surface area contributed by atoms with Gasteiger partial charge >= 0.3 is 5.97 Å². The Balaban J connectivity index is 1.68. The summed E-state index contributed by atoms with van der Waals surface area (Å²) in [7, 11) is 0. The second kappa shape index (κ2) is 9.75. The van der Waals surface area contributed by atoms with Gasteiger partial charge in [0.2, 0.25) is 0 Å². The molecule has 0 unspecified atom stereocenters. The normalized spacial score (nSPS) is 15.2. The van der Waals surface area contributed by atoms with E-state index in [0.717, 1.165) is 15.6 Å². The number of hydrogen-bond donors (Lipinski definition) is 1. The van der Waals surface area contributed by atoms with E-state index in [2.05, 4.69) is 15.9 Å². The van der Waals surface area contributed by atoms with E-state index in [0.29, 0.717) is 26.6 Å². The first kappa shape index (κ1) is 21.8. The van der Waals surface area contributed by atoms with Gasteiger partial charge in [-0.1, -0.05) is 53.8 Å². The fourth-order valence-electron chi connectivity index (χ4n) is 2.52. The van der Waals surface area contributed by atoms with Crippen molar-refractivity contribution in [2.75, 3.05) is 6.54 Å². The number of benzene rings is 2. The molecule has 1 amide bonds. The fraction of sp³-hybridized carbons (Fsp3) is 0.150. The topological polar surface area (TPSA) is 66.8 Å². The van der Waals surface area contributed by atoms with Gasteiger partial charge in [-0.2, -0.15) is 0 Å². The Labute approximate surface area is 190 Å². The second-order valence-corrected chi connectivity index (χ2v) is 9.05. The van der Waals surface area contributed by atoms with Crippen LogP contribution >= 0.6 is 51.5 Å². The molecule has 0 spiro atoms. The lowest BCUT2D eigenvalue weighted by atomic mass is 10.2. The highest BCUT2D eigenvalue weighted by molar-refractivity contribution is 9.10. The number of carboxylic acids is 1. The average molecular weight is 513 g/mol. The van der Waals surface area contributed by atoms with Crippen LogP contribution in [0.15, 0.2) is 51.8 Å². The van der Waals surface area contributed by atoms with Gasteiger partial charge in [-0.3, -0.25) is 14.5 Å². The number of ether oxygens (including phenoxy) is 1. The number of hydrogen-bond acceptors (Lipinski definition) is 5. The van der Waals surface area contributed by atoms with Crippen LogP contribution in [-0.4, -0.2) is 32.7 Å². The number of aliphatic carboxylic acids is 1. The number of amides is 1. The Morgan fingerprint density at radius 3 is 2.66 bits per heavy atom. The molecule has 0 radical (unpaired) electrons. The molecule has 2 aromatic carbocycles. The molecule has 1 N–H and O–H groups in total. The van der Waals surface area contributed by atoms with Crippen LogP contribution in [0.1, 0.15) is 17.5 Å². The van der Waals surface area contributed by atoms with E-state index in [4.69, 9.17) is 33.7 Å². The van der Waals surface area contributed by atoms with E-state index < -0.39 is 5.97 Å². The van der Waals surface area contributed by atoms with Gasteiger partial charge in [0.05, 0.1) is 15.8 Å². The van der Waals surface area contributed by atoms with Crippen LogP contribution in [0.5, 0.6) is 5.75 Å². The Hall–Kier alpha value is -1.87. The average Bonchev–Trinajstić information content (AvgIpc) is 2.93. The van der Waals surface area contributed by atoms with Crippen molar-refractivity contribution < 1.29 is 19.4 Å². The van der Waals surface area contributed by atoms with Gasteiger partial charge in [0.15, 0.2) is 0 Å². The lowest BCUT2D eigenvalue weighted by Crippen LogP contribution is -2.30. The number of carbonyl (C=O) groups is 2. The molecule has 2 aromatic rings. The zero-order valence-electron chi connectivity index (χ0n) is 14.9. The first-order valence-corrected chi connectivity index (χ1v) is 10.9. The van der Waals surface area contributed by atoms with E-state index in [1.165, 1.54) is 16.7 Å². The van der Waals surface area contributed by atoms with Gasteiger partial charge in [0, 0.05) is 11.6 Å². The minimum absolute atomic E-state index is 0.0680. The number of thiocarbonyl (C=S) groups is 1. The molecule has 29 heavy (non-hydrogen) atoms. The lowest BCUT2D eigenvalue weighted by Gasteiger charge is -2.12. The predicted molar refractivity (Wildman–Crippen MR) is 122 cm³/mol. The molecule has 150 valence electrons. The first-order chi connectivity index (χ1) is 13.8. The molecule has 5 nitrogen and oxygen atoms in total. The second-order valence-electron chi connectivity index (χ2n) is 6.08. The molecule has 1 heterocycles. The summed E-state index contributed by atoms with van der Waals surface area (Å²) in [6, 6.07) is 12.9. The summed E-state index contributed by atoms with van der Waals surface area (Å²) in [5, 5.41) is 9.48. The Kier molecular flexibility index (Phi) is 7.34. The molecule has 0 atom stereocenters. The van der Waals surface area contributed by atoms with Crippen molar-refractivity contribution in [3.05, 3.63) is 68.0 Å². The van der Waals surface area contributed by atoms with E-state index in [1.54, 1.807) is 6.08 Å². The monoisotopic (exact) mass is 511 g/mol. The maximum Gasteiger partial charge on any atom is 0.305 e. The molecular weight excluding hydrogens is 498 g/mol. The minimum Gasteiger partial charge on any atom is -0.488 e. The number of halogens is 2. The van der Waals surface area contributed by atoms with Crippen LogP contribution in [0.2, 0.25) is 5.02 Å². The van der Waals surface area contributed by atoms with Crippen LogP contribution < -0.4 is 4.74 Å². The van der Waals surface area contributed by atoms with Crippen LogP contribution in [0.3, 0.4) is 0 Å². The molecule has 9 heteroatoms. The quantitative estimate of drug-likeness (QED) is 0.398. The largest absolute Gasteiger partial charge is 0.488 e. The summed E-state index contributed by atoms with van der Waals surface area (Å²) in [5.74, 6) is -0.576. The third-order valence-electron chi connectivity index (χ3n) is 3.98. The summed E-state index contributed by atoms with van der Waals surface area (Å²) >= 11 is 15.7. The molecular formula is C20H15BrClNO4S2. The minimum atomic E-state index is -0.971. The highest BCUT2D eigenvalue weighted by Gasteiger charge is 2.32. The molecule has 1 fully saturated rings. The third kappa shape index (κ3) is 5.82. The first-order valence-electron chi connectivity index (χ1n) is 8.47. The van der Waals surface area contributed by atoms with E-state index in [9.17, 15) is 9.59 Å². The molecule has 0 bridgehead atoms. The standard InChI is InChI=1S/C20H15BrClNO4S2/c21-15-9-13(3-6-16(15)27-11-12-1-4-14(22)5-2-12)10-17-19(26)23(20(28)29-17)8-7-18(24)25/h1-6,9-10H,7-8,11H2,(H,24,25)/b17-10+.